The normalized spacial score (nSPS) is 12.0. The van der Waals surface area contributed by atoms with E-state index in [-0.39, 0.29) is 12.4 Å². The first-order valence-corrected chi connectivity index (χ1v) is 13.9. The average molecular weight is 327 g/mol. The van der Waals surface area contributed by atoms with Crippen molar-refractivity contribution in [1.29, 1.82) is 0 Å². The molecular weight excluding hydrogens is 300 g/mol. The Morgan fingerprint density at radius 1 is 1.00 bits per heavy atom. The number of hydrogen-bond donors (Lipinski definition) is 0. The standard InChI is InChI=1S/C15H26O4Si2/c1-17-14-10-12(11-15(16)19-21(5,6)7)8-9-13(14)18-20(2,3)4/h8-10H,11H2,1-7H3. The Kier molecular flexibility index (Phi) is 5.63. The minimum absolute atomic E-state index is 0.185. The van der Waals surface area contributed by atoms with Crippen LogP contribution in [0.1, 0.15) is 5.56 Å². The number of methoxy groups -OCH3 is 1. The van der Waals surface area contributed by atoms with Gasteiger partial charge in [-0.3, -0.25) is 4.79 Å². The van der Waals surface area contributed by atoms with Gasteiger partial charge in [0.1, 0.15) is 5.75 Å². The van der Waals surface area contributed by atoms with Gasteiger partial charge in [-0.05, 0) is 57.0 Å². The highest BCUT2D eigenvalue weighted by atomic mass is 28.4. The fraction of sp³-hybridized carbons (Fsp3) is 0.533. The van der Waals surface area contributed by atoms with Gasteiger partial charge >= 0.3 is 0 Å². The van der Waals surface area contributed by atoms with Gasteiger partial charge in [-0.25, -0.2) is 0 Å². The summed E-state index contributed by atoms with van der Waals surface area (Å²) in [5.74, 6) is 1.21. The summed E-state index contributed by atoms with van der Waals surface area (Å²) < 4.78 is 16.8. The summed E-state index contributed by atoms with van der Waals surface area (Å²) in [6, 6.07) is 5.61. The number of rotatable bonds is 6. The fourth-order valence-electron chi connectivity index (χ4n) is 1.78. The molecule has 1 aromatic rings. The fourth-order valence-corrected chi connectivity index (χ4v) is 3.36. The zero-order chi connectivity index (χ0) is 16.3. The monoisotopic (exact) mass is 326 g/mol. The van der Waals surface area contributed by atoms with Crippen LogP contribution < -0.4 is 9.16 Å². The number of benzene rings is 1. The zero-order valence-corrected chi connectivity index (χ0v) is 16.1. The van der Waals surface area contributed by atoms with Crippen LogP contribution in [0.15, 0.2) is 18.2 Å². The van der Waals surface area contributed by atoms with Crippen molar-refractivity contribution in [2.24, 2.45) is 0 Å². The molecule has 0 N–H and O–H groups in total. The molecule has 4 nitrogen and oxygen atoms in total. The van der Waals surface area contributed by atoms with Crippen molar-refractivity contribution < 1.29 is 18.4 Å². The van der Waals surface area contributed by atoms with Crippen LogP contribution in [0.2, 0.25) is 39.3 Å². The van der Waals surface area contributed by atoms with Gasteiger partial charge in [0.05, 0.1) is 13.5 Å². The first kappa shape index (κ1) is 17.8. The van der Waals surface area contributed by atoms with Gasteiger partial charge in [-0.2, -0.15) is 0 Å². The summed E-state index contributed by atoms with van der Waals surface area (Å²) in [6.07, 6.45) is 0.258. The van der Waals surface area contributed by atoms with Crippen LogP contribution in [0.3, 0.4) is 0 Å². The van der Waals surface area contributed by atoms with Crippen molar-refractivity contribution in [3.05, 3.63) is 23.8 Å². The maximum Gasteiger partial charge on any atom is 0.296 e. The lowest BCUT2D eigenvalue weighted by Crippen LogP contribution is -2.30. The third-order valence-corrected chi connectivity index (χ3v) is 4.08. The summed E-state index contributed by atoms with van der Waals surface area (Å²) in [6.45, 7) is 12.3. The van der Waals surface area contributed by atoms with Gasteiger partial charge in [-0.1, -0.05) is 6.07 Å². The maximum absolute atomic E-state index is 11.9. The van der Waals surface area contributed by atoms with Gasteiger partial charge in [0.25, 0.3) is 5.97 Å². The first-order chi connectivity index (χ1) is 9.50. The van der Waals surface area contributed by atoms with Crippen LogP contribution in [0.5, 0.6) is 11.5 Å². The van der Waals surface area contributed by atoms with Crippen LogP contribution in [0.25, 0.3) is 0 Å². The van der Waals surface area contributed by atoms with Crippen LogP contribution in [-0.4, -0.2) is 29.7 Å². The largest absolute Gasteiger partial charge is 0.542 e. The summed E-state index contributed by atoms with van der Waals surface area (Å²) in [5.41, 5.74) is 0.873. The first-order valence-electron chi connectivity index (χ1n) is 7.08. The molecule has 0 aliphatic heterocycles. The molecule has 0 radical (unpaired) electrons. The van der Waals surface area contributed by atoms with Gasteiger partial charge in [0.15, 0.2) is 5.75 Å². The molecule has 0 heterocycles. The Morgan fingerprint density at radius 2 is 1.62 bits per heavy atom. The number of ether oxygens (including phenoxy) is 1. The van der Waals surface area contributed by atoms with E-state index >= 15 is 0 Å². The highest BCUT2D eigenvalue weighted by molar-refractivity contribution is 6.71. The van der Waals surface area contributed by atoms with E-state index in [0.29, 0.717) is 5.75 Å². The predicted octanol–water partition coefficient (Wildman–Crippen LogP) is 3.83. The smallest absolute Gasteiger partial charge is 0.296 e. The molecule has 0 aromatic heterocycles. The maximum atomic E-state index is 11.9. The van der Waals surface area contributed by atoms with Crippen molar-refractivity contribution in [3.8, 4) is 11.5 Å². The van der Waals surface area contributed by atoms with Gasteiger partial charge in [-0.15, -0.1) is 0 Å². The third kappa shape index (κ3) is 6.81. The Morgan fingerprint density at radius 3 is 2.10 bits per heavy atom. The second-order valence-electron chi connectivity index (χ2n) is 6.96. The molecule has 0 bridgehead atoms. The second-order valence-corrected chi connectivity index (χ2v) is 15.8. The van der Waals surface area contributed by atoms with E-state index in [2.05, 4.69) is 19.6 Å². The molecule has 1 rings (SSSR count). The van der Waals surface area contributed by atoms with E-state index < -0.39 is 16.6 Å². The van der Waals surface area contributed by atoms with E-state index in [9.17, 15) is 4.79 Å². The quantitative estimate of drug-likeness (QED) is 0.745. The van der Waals surface area contributed by atoms with Crippen molar-refractivity contribution >= 4 is 22.6 Å². The average Bonchev–Trinajstić information content (AvgIpc) is 2.26. The van der Waals surface area contributed by atoms with E-state index in [1.54, 1.807) is 7.11 Å². The summed E-state index contributed by atoms with van der Waals surface area (Å²) >= 11 is 0. The Bertz CT molecular complexity index is 501. The zero-order valence-electron chi connectivity index (χ0n) is 14.1. The molecule has 0 saturated heterocycles. The molecular formula is C15H26O4Si2. The highest BCUT2D eigenvalue weighted by Crippen LogP contribution is 2.30. The Labute approximate surface area is 129 Å². The lowest BCUT2D eigenvalue weighted by molar-refractivity contribution is -0.134. The molecule has 0 unspecified atom stereocenters. The Hall–Kier alpha value is -1.28. The van der Waals surface area contributed by atoms with Crippen LogP contribution in [0, 0.1) is 0 Å². The highest BCUT2D eigenvalue weighted by Gasteiger charge is 2.21. The SMILES string of the molecule is COc1cc(CC(=O)O[Si](C)(C)C)ccc1O[Si](C)(C)C. The predicted molar refractivity (Wildman–Crippen MR) is 90.1 cm³/mol. The number of carbonyl (C=O) groups is 1. The van der Waals surface area contributed by atoms with Crippen LogP contribution in [0.4, 0.5) is 0 Å². The second kappa shape index (κ2) is 6.66. The van der Waals surface area contributed by atoms with Gasteiger partial charge < -0.3 is 13.6 Å². The lowest BCUT2D eigenvalue weighted by Gasteiger charge is -2.21. The Balaban J connectivity index is 2.85. The third-order valence-electron chi connectivity index (χ3n) is 2.41. The van der Waals surface area contributed by atoms with Crippen LogP contribution >= 0.6 is 0 Å². The molecule has 0 atom stereocenters. The molecule has 0 spiro atoms. The van der Waals surface area contributed by atoms with Crippen molar-refractivity contribution in [2.45, 2.75) is 45.7 Å². The molecule has 6 heteroatoms. The molecule has 21 heavy (non-hydrogen) atoms. The lowest BCUT2D eigenvalue weighted by atomic mass is 10.1. The molecule has 0 fully saturated rings. The molecule has 0 aliphatic carbocycles. The van der Waals surface area contributed by atoms with Crippen LogP contribution in [-0.2, 0) is 15.6 Å². The summed E-state index contributed by atoms with van der Waals surface area (Å²) in [5, 5.41) is 0. The summed E-state index contributed by atoms with van der Waals surface area (Å²) in [4.78, 5) is 11.9. The minimum Gasteiger partial charge on any atom is -0.542 e. The van der Waals surface area contributed by atoms with E-state index in [1.807, 2.05) is 37.8 Å². The van der Waals surface area contributed by atoms with Crippen molar-refractivity contribution in [3.63, 3.8) is 0 Å². The number of carbonyl (C=O) groups excluding carboxylic acids is 1. The topological polar surface area (TPSA) is 44.8 Å². The molecule has 0 amide bonds. The molecule has 0 saturated carbocycles. The molecule has 0 aliphatic rings. The van der Waals surface area contributed by atoms with E-state index in [1.165, 1.54) is 0 Å². The minimum atomic E-state index is -1.84. The molecule has 1 aromatic carbocycles. The van der Waals surface area contributed by atoms with Crippen molar-refractivity contribution in [1.82, 2.24) is 0 Å². The van der Waals surface area contributed by atoms with Gasteiger partial charge in [0.2, 0.25) is 16.6 Å². The number of hydrogen-bond acceptors (Lipinski definition) is 4. The van der Waals surface area contributed by atoms with Crippen molar-refractivity contribution in [2.75, 3.05) is 7.11 Å². The van der Waals surface area contributed by atoms with Gasteiger partial charge in [0, 0.05) is 0 Å². The summed E-state index contributed by atoms with van der Waals surface area (Å²) in [7, 11) is -1.92. The molecule has 118 valence electrons. The van der Waals surface area contributed by atoms with E-state index in [0.717, 1.165) is 11.3 Å². The van der Waals surface area contributed by atoms with E-state index in [4.69, 9.17) is 13.6 Å².